The predicted octanol–water partition coefficient (Wildman–Crippen LogP) is 1.92. The number of aliphatic hydroxyl groups excluding tert-OH is 2. The summed E-state index contributed by atoms with van der Waals surface area (Å²) in [5, 5.41) is 18.9. The summed E-state index contributed by atoms with van der Waals surface area (Å²) in [4.78, 5) is 4.21. The van der Waals surface area contributed by atoms with Crippen LogP contribution in [0.15, 0.2) is 16.6 Å². The van der Waals surface area contributed by atoms with Crippen LogP contribution in [0.5, 0.6) is 5.75 Å². The summed E-state index contributed by atoms with van der Waals surface area (Å²) >= 11 is 3.00. The van der Waals surface area contributed by atoms with Gasteiger partial charge in [-0.1, -0.05) is 15.9 Å². The third kappa shape index (κ3) is 7.90. The fourth-order valence-electron chi connectivity index (χ4n) is 2.53. The average molecular weight is 468 g/mol. The fraction of sp³-hybridized carbons (Fsp3) is 0.600. The van der Waals surface area contributed by atoms with Gasteiger partial charge in [-0.25, -0.2) is 8.78 Å². The molecule has 1 aliphatic rings. The maximum absolute atomic E-state index is 13.6. The van der Waals surface area contributed by atoms with Crippen LogP contribution in [-0.2, 0) is 0 Å². The summed E-state index contributed by atoms with van der Waals surface area (Å²) in [6, 6.07) is 2.23. The lowest BCUT2D eigenvalue weighted by atomic mass is 10.2. The van der Waals surface area contributed by atoms with Gasteiger partial charge in [-0.3, -0.25) is 9.80 Å². The summed E-state index contributed by atoms with van der Waals surface area (Å²) in [7, 11) is 0. The second-order valence-electron chi connectivity index (χ2n) is 5.53. The molecule has 0 aliphatic carbocycles. The highest BCUT2D eigenvalue weighted by Gasteiger charge is 2.20. The second kappa shape index (κ2) is 12.2. The molecule has 0 saturated carbocycles. The lowest BCUT2D eigenvalue weighted by Gasteiger charge is -2.35. The van der Waals surface area contributed by atoms with E-state index in [1.54, 1.807) is 0 Å². The van der Waals surface area contributed by atoms with Gasteiger partial charge < -0.3 is 14.9 Å². The molecule has 1 aliphatic heterocycles. The van der Waals surface area contributed by atoms with Crippen molar-refractivity contribution < 1.29 is 23.7 Å². The first-order chi connectivity index (χ1) is 11.0. The highest BCUT2D eigenvalue weighted by molar-refractivity contribution is 9.10. The molecule has 2 rings (SSSR count). The molecule has 5 nitrogen and oxygen atoms in total. The number of hydrogen-bond acceptors (Lipinski definition) is 5. The highest BCUT2D eigenvalue weighted by Crippen LogP contribution is 2.26. The Morgan fingerprint density at radius 2 is 1.60 bits per heavy atom. The van der Waals surface area contributed by atoms with Gasteiger partial charge in [0, 0.05) is 43.7 Å². The maximum atomic E-state index is 13.6. The zero-order valence-corrected chi connectivity index (χ0v) is 16.8. The number of aliphatic hydroxyl groups is 2. The van der Waals surface area contributed by atoms with Crippen LogP contribution in [0.3, 0.4) is 0 Å². The molecule has 0 amide bonds. The summed E-state index contributed by atoms with van der Waals surface area (Å²) in [5.74, 6) is -2.08. The number of benzene rings is 1. The number of piperazine rings is 1. The van der Waals surface area contributed by atoms with Crippen molar-refractivity contribution in [2.24, 2.45) is 0 Å². The van der Waals surface area contributed by atoms with Gasteiger partial charge in [0.2, 0.25) is 0 Å². The SMILES string of the molecule is Cl.Cl.OCCN1CCN(CC(O)COc2c(F)cc(Br)cc2F)CC1. The van der Waals surface area contributed by atoms with Crippen molar-refractivity contribution in [1.82, 2.24) is 9.80 Å². The van der Waals surface area contributed by atoms with Gasteiger partial charge in [0.05, 0.1) is 6.61 Å². The van der Waals surface area contributed by atoms with Crippen LogP contribution < -0.4 is 4.74 Å². The average Bonchev–Trinajstić information content (AvgIpc) is 2.48. The van der Waals surface area contributed by atoms with Gasteiger partial charge >= 0.3 is 0 Å². The minimum atomic E-state index is -0.832. The highest BCUT2D eigenvalue weighted by atomic mass is 79.9. The van der Waals surface area contributed by atoms with E-state index in [9.17, 15) is 13.9 Å². The Balaban J connectivity index is 0.00000288. The van der Waals surface area contributed by atoms with Gasteiger partial charge in [0.25, 0.3) is 0 Å². The third-order valence-electron chi connectivity index (χ3n) is 3.73. The Labute approximate surface area is 166 Å². The van der Waals surface area contributed by atoms with E-state index < -0.39 is 23.5 Å². The first kappa shape index (κ1) is 24.8. The van der Waals surface area contributed by atoms with E-state index in [-0.39, 0.29) is 38.0 Å². The Morgan fingerprint density at radius 3 is 2.12 bits per heavy atom. The van der Waals surface area contributed by atoms with Gasteiger partial charge in [0.1, 0.15) is 12.7 Å². The smallest absolute Gasteiger partial charge is 0.190 e. The van der Waals surface area contributed by atoms with Crippen molar-refractivity contribution >= 4 is 40.7 Å². The Bertz CT molecular complexity index is 501. The normalized spacial score (nSPS) is 16.7. The van der Waals surface area contributed by atoms with Gasteiger partial charge in [-0.15, -0.1) is 24.8 Å². The molecule has 1 atom stereocenters. The molecular weight excluding hydrogens is 445 g/mol. The van der Waals surface area contributed by atoms with Crippen LogP contribution >= 0.6 is 40.7 Å². The minimum absolute atomic E-state index is 0. The zero-order valence-electron chi connectivity index (χ0n) is 13.5. The van der Waals surface area contributed by atoms with Crippen molar-refractivity contribution in [2.75, 3.05) is 52.5 Å². The molecule has 146 valence electrons. The first-order valence-corrected chi connectivity index (χ1v) is 8.30. The lowest BCUT2D eigenvalue weighted by Crippen LogP contribution is -2.49. The van der Waals surface area contributed by atoms with Crippen molar-refractivity contribution in [2.45, 2.75) is 6.10 Å². The lowest BCUT2D eigenvalue weighted by molar-refractivity contribution is 0.0411. The topological polar surface area (TPSA) is 56.2 Å². The van der Waals surface area contributed by atoms with Crippen molar-refractivity contribution in [3.05, 3.63) is 28.2 Å². The van der Waals surface area contributed by atoms with Crippen LogP contribution in [0.25, 0.3) is 0 Å². The largest absolute Gasteiger partial charge is 0.485 e. The summed E-state index contributed by atoms with van der Waals surface area (Å²) in [5.41, 5.74) is 0. The van der Waals surface area contributed by atoms with Crippen LogP contribution in [-0.4, -0.2) is 78.6 Å². The molecule has 0 spiro atoms. The molecule has 0 bridgehead atoms. The van der Waals surface area contributed by atoms with E-state index in [0.717, 1.165) is 38.3 Å². The molecule has 1 aromatic rings. The van der Waals surface area contributed by atoms with Crippen LogP contribution in [0, 0.1) is 11.6 Å². The van der Waals surface area contributed by atoms with E-state index in [4.69, 9.17) is 9.84 Å². The number of halogens is 5. The molecule has 1 aromatic carbocycles. The molecular formula is C15H23BrCl2F2N2O3. The quantitative estimate of drug-likeness (QED) is 0.641. The van der Waals surface area contributed by atoms with Gasteiger partial charge in [0.15, 0.2) is 17.4 Å². The molecule has 0 radical (unpaired) electrons. The summed E-state index contributed by atoms with van der Waals surface area (Å²) in [6.07, 6.45) is -0.832. The molecule has 1 unspecified atom stereocenters. The first-order valence-electron chi connectivity index (χ1n) is 7.50. The van der Waals surface area contributed by atoms with Crippen molar-refractivity contribution in [3.8, 4) is 5.75 Å². The Kier molecular flexibility index (Phi) is 12.1. The number of rotatable bonds is 7. The predicted molar refractivity (Wildman–Crippen MR) is 100 cm³/mol. The Hall–Kier alpha value is -0.220. The van der Waals surface area contributed by atoms with E-state index in [1.165, 1.54) is 0 Å². The standard InChI is InChI=1S/C15H21BrF2N2O3.2ClH/c16-11-7-13(17)15(14(18)8-11)23-10-12(22)9-20-3-1-19(2-4-20)5-6-21;;/h7-8,12,21-22H,1-6,9-10H2;2*1H. The van der Waals surface area contributed by atoms with E-state index in [2.05, 4.69) is 25.7 Å². The van der Waals surface area contributed by atoms with Gasteiger partial charge in [-0.2, -0.15) is 0 Å². The minimum Gasteiger partial charge on any atom is -0.485 e. The van der Waals surface area contributed by atoms with Crippen LogP contribution in [0.4, 0.5) is 8.78 Å². The molecule has 2 N–H and O–H groups in total. The van der Waals surface area contributed by atoms with E-state index in [0.29, 0.717) is 17.6 Å². The fourth-order valence-corrected chi connectivity index (χ4v) is 2.94. The third-order valence-corrected chi connectivity index (χ3v) is 4.19. The summed E-state index contributed by atoms with van der Waals surface area (Å²) in [6.45, 7) is 4.20. The number of hydrogen-bond donors (Lipinski definition) is 2. The van der Waals surface area contributed by atoms with Crippen LogP contribution in [0.1, 0.15) is 0 Å². The van der Waals surface area contributed by atoms with E-state index >= 15 is 0 Å². The number of ether oxygens (including phenoxy) is 1. The maximum Gasteiger partial charge on any atom is 0.190 e. The van der Waals surface area contributed by atoms with E-state index in [1.807, 2.05) is 0 Å². The molecule has 25 heavy (non-hydrogen) atoms. The monoisotopic (exact) mass is 466 g/mol. The van der Waals surface area contributed by atoms with Crippen molar-refractivity contribution in [1.29, 1.82) is 0 Å². The molecule has 0 aromatic heterocycles. The van der Waals surface area contributed by atoms with Gasteiger partial charge in [-0.05, 0) is 12.1 Å². The Morgan fingerprint density at radius 1 is 1.08 bits per heavy atom. The zero-order chi connectivity index (χ0) is 16.8. The second-order valence-corrected chi connectivity index (χ2v) is 6.44. The molecule has 1 heterocycles. The summed E-state index contributed by atoms with van der Waals surface area (Å²) < 4.78 is 32.6. The molecule has 1 saturated heterocycles. The van der Waals surface area contributed by atoms with Crippen molar-refractivity contribution in [3.63, 3.8) is 0 Å². The number of nitrogens with zero attached hydrogens (tertiary/aromatic N) is 2. The van der Waals surface area contributed by atoms with Crippen LogP contribution in [0.2, 0.25) is 0 Å². The molecule has 10 heteroatoms. The molecule has 1 fully saturated rings. The number of β-amino-alcohol motifs (C(OH)–C–C–N with tert-alkyl or cyclic N) is 2.